The van der Waals surface area contributed by atoms with Gasteiger partial charge < -0.3 is 5.73 Å². The van der Waals surface area contributed by atoms with E-state index in [9.17, 15) is 8.42 Å². The number of sulfonamides is 1. The first kappa shape index (κ1) is 15.6. The summed E-state index contributed by atoms with van der Waals surface area (Å²) in [5, 5.41) is 0.762. The molecule has 0 spiro atoms. The number of hydrogen-bond donors (Lipinski definition) is 1. The van der Waals surface area contributed by atoms with E-state index in [0.29, 0.717) is 23.0 Å². The number of rotatable bonds is 5. The minimum Gasteiger partial charge on any atom is -0.330 e. The SMILES string of the molecule is Cc1nc(C)c(S(=O)(=O)N(C)CC(C)(C)CN)s1. The summed E-state index contributed by atoms with van der Waals surface area (Å²) in [6.45, 7) is 8.25. The molecule has 2 N–H and O–H groups in total. The largest absolute Gasteiger partial charge is 0.330 e. The Morgan fingerprint density at radius 3 is 2.33 bits per heavy atom. The Labute approximate surface area is 113 Å². The zero-order valence-electron chi connectivity index (χ0n) is 11.5. The van der Waals surface area contributed by atoms with Gasteiger partial charge in [-0.05, 0) is 25.8 Å². The fourth-order valence-corrected chi connectivity index (χ4v) is 4.68. The van der Waals surface area contributed by atoms with Gasteiger partial charge in [0.15, 0.2) is 4.21 Å². The van der Waals surface area contributed by atoms with Gasteiger partial charge in [0.1, 0.15) is 0 Å². The molecular weight excluding hydrogens is 270 g/mol. The van der Waals surface area contributed by atoms with Crippen LogP contribution in [0.15, 0.2) is 4.21 Å². The molecule has 0 aliphatic heterocycles. The highest BCUT2D eigenvalue weighted by Crippen LogP contribution is 2.27. The van der Waals surface area contributed by atoms with Crippen LogP contribution < -0.4 is 5.73 Å². The van der Waals surface area contributed by atoms with Gasteiger partial charge >= 0.3 is 0 Å². The number of thiazole rings is 1. The van der Waals surface area contributed by atoms with Gasteiger partial charge in [0.25, 0.3) is 10.0 Å². The minimum absolute atomic E-state index is 0.241. The molecule has 1 aromatic rings. The van der Waals surface area contributed by atoms with Gasteiger partial charge in [0, 0.05) is 13.6 Å². The maximum atomic E-state index is 12.4. The van der Waals surface area contributed by atoms with E-state index >= 15 is 0 Å². The predicted octanol–water partition coefficient (Wildman–Crippen LogP) is 1.37. The highest BCUT2D eigenvalue weighted by atomic mass is 32.2. The predicted molar refractivity (Wildman–Crippen MR) is 74.2 cm³/mol. The highest BCUT2D eigenvalue weighted by Gasteiger charge is 2.30. The van der Waals surface area contributed by atoms with Gasteiger partial charge in [-0.25, -0.2) is 13.4 Å². The van der Waals surface area contributed by atoms with Gasteiger partial charge in [-0.1, -0.05) is 13.8 Å². The summed E-state index contributed by atoms with van der Waals surface area (Å²) in [6, 6.07) is 0. The lowest BCUT2D eigenvalue weighted by Crippen LogP contribution is -2.39. The molecule has 0 amide bonds. The topological polar surface area (TPSA) is 76.3 Å². The van der Waals surface area contributed by atoms with E-state index in [1.165, 1.54) is 15.6 Å². The molecule has 104 valence electrons. The molecule has 0 aliphatic rings. The van der Waals surface area contributed by atoms with E-state index in [2.05, 4.69) is 4.98 Å². The summed E-state index contributed by atoms with van der Waals surface area (Å²) >= 11 is 1.21. The molecule has 1 aromatic heterocycles. The molecular formula is C11H21N3O2S2. The van der Waals surface area contributed by atoms with Crippen molar-refractivity contribution >= 4 is 21.4 Å². The van der Waals surface area contributed by atoms with E-state index in [1.807, 2.05) is 13.8 Å². The van der Waals surface area contributed by atoms with E-state index in [-0.39, 0.29) is 5.41 Å². The molecule has 0 aromatic carbocycles. The van der Waals surface area contributed by atoms with Crippen LogP contribution in [0.4, 0.5) is 0 Å². The molecule has 7 heteroatoms. The molecule has 5 nitrogen and oxygen atoms in total. The second-order valence-corrected chi connectivity index (χ2v) is 8.68. The first-order valence-corrected chi connectivity index (χ1v) is 7.96. The lowest BCUT2D eigenvalue weighted by molar-refractivity contribution is 0.292. The zero-order valence-corrected chi connectivity index (χ0v) is 13.2. The Morgan fingerprint density at radius 2 is 1.94 bits per heavy atom. The van der Waals surface area contributed by atoms with Crippen molar-refractivity contribution in [1.29, 1.82) is 0 Å². The third-order valence-corrected chi connectivity index (χ3v) is 6.17. The van der Waals surface area contributed by atoms with Crippen molar-refractivity contribution in [1.82, 2.24) is 9.29 Å². The van der Waals surface area contributed by atoms with Crippen LogP contribution in [0.5, 0.6) is 0 Å². The zero-order chi connectivity index (χ0) is 14.1. The molecule has 0 atom stereocenters. The first-order valence-electron chi connectivity index (χ1n) is 5.70. The van der Waals surface area contributed by atoms with Crippen LogP contribution in [0.3, 0.4) is 0 Å². The summed E-state index contributed by atoms with van der Waals surface area (Å²) in [6.07, 6.45) is 0. The van der Waals surface area contributed by atoms with Gasteiger partial charge in [0.2, 0.25) is 0 Å². The molecule has 0 bridgehead atoms. The number of aryl methyl sites for hydroxylation is 2. The van der Waals surface area contributed by atoms with Crippen molar-refractivity contribution in [2.24, 2.45) is 11.1 Å². The molecule has 0 fully saturated rings. The van der Waals surface area contributed by atoms with Crippen LogP contribution in [0.2, 0.25) is 0 Å². The second-order valence-electron chi connectivity index (χ2n) is 5.24. The van der Waals surface area contributed by atoms with Crippen molar-refractivity contribution in [3.63, 3.8) is 0 Å². The van der Waals surface area contributed by atoms with Gasteiger partial charge in [-0.3, -0.25) is 0 Å². The van der Waals surface area contributed by atoms with E-state index in [4.69, 9.17) is 5.73 Å². The van der Waals surface area contributed by atoms with Crippen molar-refractivity contribution < 1.29 is 8.42 Å². The van der Waals surface area contributed by atoms with Crippen LogP contribution in [0.25, 0.3) is 0 Å². The minimum atomic E-state index is -3.46. The van der Waals surface area contributed by atoms with Crippen molar-refractivity contribution in [3.05, 3.63) is 10.7 Å². The number of nitrogens with zero attached hydrogens (tertiary/aromatic N) is 2. The fraction of sp³-hybridized carbons (Fsp3) is 0.727. The average molecular weight is 291 g/mol. The first-order chi connectivity index (χ1) is 8.10. The third kappa shape index (κ3) is 3.28. The summed E-state index contributed by atoms with van der Waals surface area (Å²) in [4.78, 5) is 4.16. The lowest BCUT2D eigenvalue weighted by atomic mass is 9.94. The second kappa shape index (κ2) is 5.24. The van der Waals surface area contributed by atoms with Gasteiger partial charge in [-0.2, -0.15) is 4.31 Å². The maximum absolute atomic E-state index is 12.4. The lowest BCUT2D eigenvalue weighted by Gasteiger charge is -2.28. The van der Waals surface area contributed by atoms with Crippen molar-refractivity contribution in [3.8, 4) is 0 Å². The Hall–Kier alpha value is -0.500. The number of aromatic nitrogens is 1. The quantitative estimate of drug-likeness (QED) is 0.889. The smallest absolute Gasteiger partial charge is 0.254 e. The van der Waals surface area contributed by atoms with Crippen LogP contribution in [0.1, 0.15) is 24.5 Å². The Morgan fingerprint density at radius 1 is 1.39 bits per heavy atom. The van der Waals surface area contributed by atoms with Crippen LogP contribution in [0, 0.1) is 19.3 Å². The van der Waals surface area contributed by atoms with E-state index in [0.717, 1.165) is 5.01 Å². The molecule has 0 radical (unpaired) electrons. The van der Waals surface area contributed by atoms with E-state index < -0.39 is 10.0 Å². The third-order valence-electron chi connectivity index (χ3n) is 2.71. The molecule has 0 aliphatic carbocycles. The Bertz CT molecular complexity index is 520. The summed E-state index contributed by atoms with van der Waals surface area (Å²) in [5.74, 6) is 0. The van der Waals surface area contributed by atoms with Crippen LogP contribution in [-0.4, -0.2) is 37.8 Å². The van der Waals surface area contributed by atoms with Crippen molar-refractivity contribution in [2.75, 3.05) is 20.1 Å². The summed E-state index contributed by atoms with van der Waals surface area (Å²) < 4.78 is 26.5. The average Bonchev–Trinajstić information content (AvgIpc) is 2.57. The van der Waals surface area contributed by atoms with Crippen molar-refractivity contribution in [2.45, 2.75) is 31.9 Å². The standard InChI is InChI=1S/C11H21N3O2S2/c1-8-10(17-9(2)13-8)18(15,16)14(5)7-11(3,4)6-12/h6-7,12H2,1-5H3. The monoisotopic (exact) mass is 291 g/mol. The van der Waals surface area contributed by atoms with E-state index in [1.54, 1.807) is 20.9 Å². The molecule has 1 rings (SSSR count). The van der Waals surface area contributed by atoms with Gasteiger partial charge in [0.05, 0.1) is 10.7 Å². The van der Waals surface area contributed by atoms with Crippen LogP contribution >= 0.6 is 11.3 Å². The number of nitrogens with two attached hydrogens (primary N) is 1. The molecule has 0 saturated carbocycles. The summed E-state index contributed by atoms with van der Waals surface area (Å²) in [5.41, 5.74) is 5.96. The number of hydrogen-bond acceptors (Lipinski definition) is 5. The maximum Gasteiger partial charge on any atom is 0.254 e. The highest BCUT2D eigenvalue weighted by molar-refractivity contribution is 7.91. The summed E-state index contributed by atoms with van der Waals surface area (Å²) in [7, 11) is -1.87. The molecule has 1 heterocycles. The Balaban J connectivity index is 3.04. The van der Waals surface area contributed by atoms with Gasteiger partial charge in [-0.15, -0.1) is 11.3 Å². The fourth-order valence-electron chi connectivity index (χ4n) is 1.65. The molecule has 0 saturated heterocycles. The normalized spacial score (nSPS) is 13.3. The Kier molecular flexibility index (Phi) is 4.53. The molecule has 0 unspecified atom stereocenters. The van der Waals surface area contributed by atoms with Crippen LogP contribution in [-0.2, 0) is 10.0 Å². The molecule has 18 heavy (non-hydrogen) atoms.